The van der Waals surface area contributed by atoms with E-state index in [-0.39, 0.29) is 24.4 Å². The van der Waals surface area contributed by atoms with Crippen molar-refractivity contribution in [3.63, 3.8) is 0 Å². The fraction of sp³-hybridized carbons (Fsp3) is 0.500. The van der Waals surface area contributed by atoms with E-state index in [4.69, 9.17) is 4.74 Å². The molecule has 1 heterocycles. The van der Waals surface area contributed by atoms with E-state index in [0.717, 1.165) is 36.0 Å². The van der Waals surface area contributed by atoms with Gasteiger partial charge in [-0.1, -0.05) is 19.1 Å². The first kappa shape index (κ1) is 17.1. The number of rotatable bonds is 6. The van der Waals surface area contributed by atoms with Crippen LogP contribution in [-0.2, 0) is 11.3 Å². The normalized spacial score (nSPS) is 17.4. The number of halogens is 1. The van der Waals surface area contributed by atoms with Crippen molar-refractivity contribution < 1.29 is 9.53 Å². The maximum atomic E-state index is 11.8. The molecule has 0 radical (unpaired) electrons. The van der Waals surface area contributed by atoms with Gasteiger partial charge < -0.3 is 10.1 Å². The van der Waals surface area contributed by atoms with E-state index < -0.39 is 0 Å². The van der Waals surface area contributed by atoms with E-state index >= 15 is 0 Å². The number of amides is 1. The highest BCUT2D eigenvalue weighted by molar-refractivity contribution is 7.99. The summed E-state index contributed by atoms with van der Waals surface area (Å²) in [5.74, 6) is 2.68. The Morgan fingerprint density at radius 3 is 2.80 bits per heavy atom. The number of carbonyl (C=O) groups is 1. The topological polar surface area (TPSA) is 50.4 Å². The number of hydrogen-bond donors (Lipinski definition) is 2. The molecule has 1 aromatic carbocycles. The molecule has 4 nitrogen and oxygen atoms in total. The third-order valence-electron chi connectivity index (χ3n) is 2.90. The van der Waals surface area contributed by atoms with E-state index in [1.165, 1.54) is 0 Å². The summed E-state index contributed by atoms with van der Waals surface area (Å²) in [6.07, 6.45) is 1.00. The van der Waals surface area contributed by atoms with Gasteiger partial charge in [0.1, 0.15) is 5.75 Å². The predicted molar refractivity (Wildman–Crippen MR) is 85.6 cm³/mol. The van der Waals surface area contributed by atoms with Crippen molar-refractivity contribution in [3.8, 4) is 5.75 Å². The molecule has 1 aliphatic heterocycles. The summed E-state index contributed by atoms with van der Waals surface area (Å²) in [6.45, 7) is 3.39. The first-order chi connectivity index (χ1) is 9.29. The summed E-state index contributed by atoms with van der Waals surface area (Å²) in [6, 6.07) is 7.82. The molecule has 0 saturated carbocycles. The van der Waals surface area contributed by atoms with Crippen LogP contribution in [0.25, 0.3) is 0 Å². The van der Waals surface area contributed by atoms with E-state index in [1.54, 1.807) is 11.8 Å². The number of benzene rings is 1. The molecule has 0 bridgehead atoms. The predicted octanol–water partition coefficient (Wildman–Crippen LogP) is 2.18. The third-order valence-corrected chi connectivity index (χ3v) is 3.84. The minimum atomic E-state index is -0.0443. The second-order valence-electron chi connectivity index (χ2n) is 4.48. The Bertz CT molecular complexity index is 408. The Labute approximate surface area is 130 Å². The Balaban J connectivity index is 0.00000200. The molecule has 1 saturated heterocycles. The van der Waals surface area contributed by atoms with Gasteiger partial charge in [0.15, 0.2) is 0 Å². The highest BCUT2D eigenvalue weighted by Gasteiger charge is 2.21. The summed E-state index contributed by atoms with van der Waals surface area (Å²) in [4.78, 5) is 11.8. The number of carbonyl (C=O) groups excluding carboxylic acids is 1. The first-order valence-electron chi connectivity index (χ1n) is 6.60. The van der Waals surface area contributed by atoms with Gasteiger partial charge in [0, 0.05) is 18.2 Å². The second-order valence-corrected chi connectivity index (χ2v) is 5.51. The molecular weight excluding hydrogens is 296 g/mol. The van der Waals surface area contributed by atoms with Gasteiger partial charge >= 0.3 is 0 Å². The quantitative estimate of drug-likeness (QED) is 0.844. The Morgan fingerprint density at radius 1 is 1.45 bits per heavy atom. The Hall–Kier alpha value is -0.910. The van der Waals surface area contributed by atoms with Gasteiger partial charge in [-0.2, -0.15) is 0 Å². The van der Waals surface area contributed by atoms with Gasteiger partial charge in [0.25, 0.3) is 0 Å². The van der Waals surface area contributed by atoms with E-state index in [0.29, 0.717) is 6.54 Å². The van der Waals surface area contributed by atoms with Crippen molar-refractivity contribution in [2.45, 2.75) is 25.9 Å². The Morgan fingerprint density at radius 2 is 2.20 bits per heavy atom. The second kappa shape index (κ2) is 9.10. The summed E-state index contributed by atoms with van der Waals surface area (Å²) >= 11 is 1.75. The van der Waals surface area contributed by atoms with Gasteiger partial charge in [0.05, 0.1) is 12.6 Å². The van der Waals surface area contributed by atoms with Gasteiger partial charge in [-0.25, -0.2) is 0 Å². The van der Waals surface area contributed by atoms with E-state index in [1.807, 2.05) is 24.3 Å². The first-order valence-corrected chi connectivity index (χ1v) is 7.75. The van der Waals surface area contributed by atoms with Crippen LogP contribution < -0.4 is 15.4 Å². The van der Waals surface area contributed by atoms with Crippen molar-refractivity contribution in [2.75, 3.05) is 18.2 Å². The summed E-state index contributed by atoms with van der Waals surface area (Å²) in [5, 5.41) is 6.10. The molecule has 1 aromatic rings. The molecular formula is C14H21ClN2O2S. The van der Waals surface area contributed by atoms with Gasteiger partial charge in [0.2, 0.25) is 5.91 Å². The maximum absolute atomic E-state index is 11.8. The largest absolute Gasteiger partial charge is 0.494 e. The zero-order valence-electron chi connectivity index (χ0n) is 11.6. The number of ether oxygens (including phenoxy) is 1. The number of nitrogens with one attached hydrogen (secondary N) is 2. The summed E-state index contributed by atoms with van der Waals surface area (Å²) in [7, 11) is 0. The third kappa shape index (κ3) is 5.23. The van der Waals surface area contributed by atoms with Crippen molar-refractivity contribution >= 4 is 30.1 Å². The molecule has 112 valence electrons. The molecule has 0 aliphatic carbocycles. The smallest absolute Gasteiger partial charge is 0.238 e. The number of thioether (sulfide) groups is 1. The van der Waals surface area contributed by atoms with Crippen LogP contribution >= 0.6 is 24.2 Å². The SMILES string of the molecule is CCCOc1ccc(CNC(=O)C2CSCN2)cc1.Cl. The summed E-state index contributed by atoms with van der Waals surface area (Å²) < 4.78 is 5.52. The minimum absolute atomic E-state index is 0. The lowest BCUT2D eigenvalue weighted by Gasteiger charge is -2.11. The molecule has 2 N–H and O–H groups in total. The highest BCUT2D eigenvalue weighted by atomic mass is 35.5. The molecule has 1 amide bonds. The van der Waals surface area contributed by atoms with Crippen LogP contribution in [0, 0.1) is 0 Å². The van der Waals surface area contributed by atoms with Crippen LogP contribution in [0.15, 0.2) is 24.3 Å². The van der Waals surface area contributed by atoms with Gasteiger partial charge in [-0.05, 0) is 24.1 Å². The van der Waals surface area contributed by atoms with Crippen LogP contribution in [0.4, 0.5) is 0 Å². The highest BCUT2D eigenvalue weighted by Crippen LogP contribution is 2.13. The maximum Gasteiger partial charge on any atom is 0.238 e. The average Bonchev–Trinajstić information content (AvgIpc) is 2.98. The lowest BCUT2D eigenvalue weighted by molar-refractivity contribution is -0.122. The fourth-order valence-corrected chi connectivity index (χ4v) is 2.74. The zero-order valence-corrected chi connectivity index (χ0v) is 13.2. The minimum Gasteiger partial charge on any atom is -0.494 e. The van der Waals surface area contributed by atoms with Crippen LogP contribution in [0.1, 0.15) is 18.9 Å². The molecule has 20 heavy (non-hydrogen) atoms. The molecule has 6 heteroatoms. The van der Waals surface area contributed by atoms with E-state index in [9.17, 15) is 4.79 Å². The van der Waals surface area contributed by atoms with Gasteiger partial charge in [-0.3, -0.25) is 10.1 Å². The van der Waals surface area contributed by atoms with Gasteiger partial charge in [-0.15, -0.1) is 24.2 Å². The molecule has 0 spiro atoms. The molecule has 1 fully saturated rings. The zero-order chi connectivity index (χ0) is 13.5. The fourth-order valence-electron chi connectivity index (χ4n) is 1.80. The van der Waals surface area contributed by atoms with Crippen molar-refractivity contribution in [2.24, 2.45) is 0 Å². The molecule has 1 aliphatic rings. The molecule has 0 aromatic heterocycles. The lowest BCUT2D eigenvalue weighted by Crippen LogP contribution is -2.41. The lowest BCUT2D eigenvalue weighted by atomic mass is 10.2. The van der Waals surface area contributed by atoms with Crippen molar-refractivity contribution in [1.29, 1.82) is 0 Å². The molecule has 1 unspecified atom stereocenters. The van der Waals surface area contributed by atoms with Crippen LogP contribution in [-0.4, -0.2) is 30.2 Å². The molecule has 1 atom stereocenters. The molecule has 2 rings (SSSR count). The van der Waals surface area contributed by atoms with Crippen LogP contribution in [0.2, 0.25) is 0 Å². The average molecular weight is 317 g/mol. The Kier molecular flexibility index (Phi) is 7.80. The van der Waals surface area contributed by atoms with E-state index in [2.05, 4.69) is 17.6 Å². The van der Waals surface area contributed by atoms with Crippen LogP contribution in [0.3, 0.4) is 0 Å². The number of hydrogen-bond acceptors (Lipinski definition) is 4. The standard InChI is InChI=1S/C14H20N2O2S.ClH/c1-2-7-18-12-5-3-11(4-6-12)8-15-14(17)13-9-19-10-16-13;/h3-6,13,16H,2,7-10H2,1H3,(H,15,17);1H. The monoisotopic (exact) mass is 316 g/mol. The summed E-state index contributed by atoms with van der Waals surface area (Å²) in [5.41, 5.74) is 1.09. The van der Waals surface area contributed by atoms with Crippen molar-refractivity contribution in [3.05, 3.63) is 29.8 Å². The van der Waals surface area contributed by atoms with Crippen LogP contribution in [0.5, 0.6) is 5.75 Å². The van der Waals surface area contributed by atoms with Crippen molar-refractivity contribution in [1.82, 2.24) is 10.6 Å².